The van der Waals surface area contributed by atoms with Gasteiger partial charge in [-0.3, -0.25) is 0 Å². The van der Waals surface area contributed by atoms with Crippen molar-refractivity contribution in [1.82, 2.24) is 5.32 Å². The molecule has 0 aromatic heterocycles. The molecular weight excluding hydrogens is 146 g/mol. The number of β-amino-alcohol motifs (C(OH)–C–C–N with tert-alkyl or cyclic N) is 1. The van der Waals surface area contributed by atoms with Crippen LogP contribution in [-0.4, -0.2) is 47.2 Å². The van der Waals surface area contributed by atoms with Crippen LogP contribution in [0.5, 0.6) is 0 Å². The van der Waals surface area contributed by atoms with Gasteiger partial charge in [-0.25, -0.2) is 0 Å². The van der Waals surface area contributed by atoms with E-state index < -0.39 is 5.54 Å². The van der Waals surface area contributed by atoms with Crippen molar-refractivity contribution in [3.05, 3.63) is 0 Å². The molecule has 4 N–H and O–H groups in total. The highest BCUT2D eigenvalue weighted by molar-refractivity contribution is 4.84. The molecule has 0 aromatic carbocycles. The second-order valence-corrected chi connectivity index (χ2v) is 2.60. The molecule has 0 heterocycles. The summed E-state index contributed by atoms with van der Waals surface area (Å²) in [6.07, 6.45) is 0.639. The minimum absolute atomic E-state index is 0.0156. The van der Waals surface area contributed by atoms with Gasteiger partial charge in [0.1, 0.15) is 0 Å². The molecule has 0 aliphatic carbocycles. The Morgan fingerprint density at radius 1 is 1.18 bits per heavy atom. The predicted molar refractivity (Wildman–Crippen MR) is 42.3 cm³/mol. The number of nitrogens with one attached hydrogen (secondary N) is 1. The first-order chi connectivity index (χ1) is 5.24. The van der Waals surface area contributed by atoms with Crippen molar-refractivity contribution < 1.29 is 15.3 Å². The van der Waals surface area contributed by atoms with Gasteiger partial charge in [-0.2, -0.15) is 0 Å². The summed E-state index contributed by atoms with van der Waals surface area (Å²) in [6.45, 7) is 2.06. The van der Waals surface area contributed by atoms with Crippen molar-refractivity contribution in [2.75, 3.05) is 26.4 Å². The van der Waals surface area contributed by atoms with E-state index in [-0.39, 0.29) is 19.8 Å². The molecule has 0 bridgehead atoms. The highest BCUT2D eigenvalue weighted by atomic mass is 16.3. The van der Waals surface area contributed by atoms with Gasteiger partial charge < -0.3 is 20.6 Å². The molecular formula is C7H17NO3. The number of hydrogen-bond donors (Lipinski definition) is 4. The van der Waals surface area contributed by atoms with E-state index in [1.807, 2.05) is 6.92 Å². The van der Waals surface area contributed by atoms with Gasteiger partial charge in [-0.1, -0.05) is 6.92 Å². The Morgan fingerprint density at radius 3 is 2.00 bits per heavy atom. The molecule has 0 unspecified atom stereocenters. The molecule has 0 saturated heterocycles. The summed E-state index contributed by atoms with van der Waals surface area (Å²) in [4.78, 5) is 0. The first kappa shape index (κ1) is 10.8. The molecule has 0 spiro atoms. The van der Waals surface area contributed by atoms with Crippen molar-refractivity contribution in [3.63, 3.8) is 0 Å². The quantitative estimate of drug-likeness (QED) is 0.393. The van der Waals surface area contributed by atoms with Gasteiger partial charge in [-0.15, -0.1) is 0 Å². The number of aliphatic hydroxyl groups is 3. The number of hydrogen-bond acceptors (Lipinski definition) is 4. The number of rotatable bonds is 6. The standard InChI is InChI=1S/C7H17NO3/c1-2-7(5-10,6-11)8-3-4-9/h8-11H,2-6H2,1H3. The zero-order valence-electron chi connectivity index (χ0n) is 6.88. The van der Waals surface area contributed by atoms with Gasteiger partial charge in [0.15, 0.2) is 0 Å². The summed E-state index contributed by atoms with van der Waals surface area (Å²) in [5.74, 6) is 0. The van der Waals surface area contributed by atoms with Crippen LogP contribution in [0.25, 0.3) is 0 Å². The molecule has 4 nitrogen and oxygen atoms in total. The second kappa shape index (κ2) is 5.49. The van der Waals surface area contributed by atoms with Crippen LogP contribution in [0.15, 0.2) is 0 Å². The Hall–Kier alpha value is -0.160. The third-order valence-corrected chi connectivity index (χ3v) is 1.89. The maximum atomic E-state index is 8.90. The molecule has 68 valence electrons. The van der Waals surface area contributed by atoms with Gasteiger partial charge in [-0.05, 0) is 6.42 Å². The predicted octanol–water partition coefficient (Wildman–Crippen LogP) is -1.30. The maximum absolute atomic E-state index is 8.90. The van der Waals surface area contributed by atoms with E-state index in [1.54, 1.807) is 0 Å². The lowest BCUT2D eigenvalue weighted by Gasteiger charge is -2.29. The van der Waals surface area contributed by atoms with Crippen LogP contribution in [0.1, 0.15) is 13.3 Å². The SMILES string of the molecule is CCC(CO)(CO)NCCO. The van der Waals surface area contributed by atoms with E-state index >= 15 is 0 Å². The van der Waals surface area contributed by atoms with E-state index in [1.165, 1.54) is 0 Å². The molecule has 0 atom stereocenters. The fourth-order valence-corrected chi connectivity index (χ4v) is 0.831. The zero-order valence-corrected chi connectivity index (χ0v) is 6.88. The third kappa shape index (κ3) is 3.16. The lowest BCUT2D eigenvalue weighted by molar-refractivity contribution is 0.0833. The van der Waals surface area contributed by atoms with Crippen molar-refractivity contribution in [2.24, 2.45) is 0 Å². The average molecular weight is 163 g/mol. The first-order valence-electron chi connectivity index (χ1n) is 3.82. The summed E-state index contributed by atoms with van der Waals surface area (Å²) in [5.41, 5.74) is -0.622. The van der Waals surface area contributed by atoms with Crippen LogP contribution in [0.4, 0.5) is 0 Å². The minimum Gasteiger partial charge on any atom is -0.395 e. The van der Waals surface area contributed by atoms with Crippen molar-refractivity contribution >= 4 is 0 Å². The molecule has 0 aromatic rings. The summed E-state index contributed by atoms with van der Waals surface area (Å²) < 4.78 is 0. The summed E-state index contributed by atoms with van der Waals surface area (Å²) in [5, 5.41) is 29.2. The largest absolute Gasteiger partial charge is 0.395 e. The molecule has 0 aliphatic rings. The second-order valence-electron chi connectivity index (χ2n) is 2.60. The van der Waals surface area contributed by atoms with Crippen molar-refractivity contribution in [1.29, 1.82) is 0 Å². The molecule has 11 heavy (non-hydrogen) atoms. The topological polar surface area (TPSA) is 72.7 Å². The maximum Gasteiger partial charge on any atom is 0.0646 e. The van der Waals surface area contributed by atoms with E-state index in [0.717, 1.165) is 0 Å². The highest BCUT2D eigenvalue weighted by Crippen LogP contribution is 2.06. The van der Waals surface area contributed by atoms with E-state index in [9.17, 15) is 0 Å². The lowest BCUT2D eigenvalue weighted by Crippen LogP contribution is -2.52. The first-order valence-corrected chi connectivity index (χ1v) is 3.82. The molecule has 0 amide bonds. The Labute approximate surface area is 66.9 Å². The molecule has 0 aliphatic heterocycles. The van der Waals surface area contributed by atoms with Crippen LogP contribution >= 0.6 is 0 Å². The van der Waals surface area contributed by atoms with Crippen LogP contribution in [0, 0.1) is 0 Å². The fraction of sp³-hybridized carbons (Fsp3) is 1.00. The third-order valence-electron chi connectivity index (χ3n) is 1.89. The smallest absolute Gasteiger partial charge is 0.0646 e. The fourth-order valence-electron chi connectivity index (χ4n) is 0.831. The van der Waals surface area contributed by atoms with Crippen LogP contribution in [0.2, 0.25) is 0 Å². The Kier molecular flexibility index (Phi) is 5.41. The van der Waals surface area contributed by atoms with Crippen molar-refractivity contribution in [3.8, 4) is 0 Å². The van der Waals surface area contributed by atoms with E-state index in [4.69, 9.17) is 15.3 Å². The molecule has 0 radical (unpaired) electrons. The molecule has 0 fully saturated rings. The van der Waals surface area contributed by atoms with Crippen molar-refractivity contribution in [2.45, 2.75) is 18.9 Å². The summed E-state index contributed by atoms with van der Waals surface area (Å²) >= 11 is 0. The van der Waals surface area contributed by atoms with Crippen LogP contribution < -0.4 is 5.32 Å². The molecule has 0 rings (SSSR count). The summed E-state index contributed by atoms with van der Waals surface area (Å²) in [6, 6.07) is 0. The monoisotopic (exact) mass is 163 g/mol. The van der Waals surface area contributed by atoms with Gasteiger partial charge in [0, 0.05) is 6.54 Å². The van der Waals surface area contributed by atoms with Crippen LogP contribution in [0.3, 0.4) is 0 Å². The molecule has 0 saturated carbocycles. The Balaban J connectivity index is 3.84. The van der Waals surface area contributed by atoms with Gasteiger partial charge in [0.05, 0.1) is 25.4 Å². The number of aliphatic hydroxyl groups excluding tert-OH is 3. The van der Waals surface area contributed by atoms with E-state index in [2.05, 4.69) is 5.32 Å². The van der Waals surface area contributed by atoms with Crippen LogP contribution in [-0.2, 0) is 0 Å². The normalized spacial score (nSPS) is 12.0. The lowest BCUT2D eigenvalue weighted by atomic mass is 9.99. The highest BCUT2D eigenvalue weighted by Gasteiger charge is 2.24. The van der Waals surface area contributed by atoms with Gasteiger partial charge in [0.25, 0.3) is 0 Å². The molecule has 4 heteroatoms. The van der Waals surface area contributed by atoms with Gasteiger partial charge >= 0.3 is 0 Å². The summed E-state index contributed by atoms with van der Waals surface area (Å²) in [7, 11) is 0. The average Bonchev–Trinajstić information content (AvgIpc) is 2.08. The zero-order chi connectivity index (χ0) is 8.74. The minimum atomic E-state index is -0.622. The Morgan fingerprint density at radius 2 is 1.73 bits per heavy atom. The van der Waals surface area contributed by atoms with Gasteiger partial charge in [0.2, 0.25) is 0 Å². The Bertz CT molecular complexity index is 85.4. The van der Waals surface area contributed by atoms with E-state index in [0.29, 0.717) is 13.0 Å².